The second-order valence-electron chi connectivity index (χ2n) is 6.22. The molecule has 2 aromatic carbocycles. The Labute approximate surface area is 150 Å². The lowest BCUT2D eigenvalue weighted by molar-refractivity contribution is 0.287. The number of ether oxygens (including phenoxy) is 2. The zero-order valence-electron chi connectivity index (χ0n) is 14.9. The molecular formula is C22H25NO2. The van der Waals surface area contributed by atoms with Gasteiger partial charge in [-0.1, -0.05) is 42.5 Å². The lowest BCUT2D eigenvalue weighted by Gasteiger charge is -2.25. The van der Waals surface area contributed by atoms with Gasteiger partial charge in [0.25, 0.3) is 0 Å². The quantitative estimate of drug-likeness (QED) is 0.773. The average Bonchev–Trinajstić information content (AvgIpc) is 2.68. The van der Waals surface area contributed by atoms with Gasteiger partial charge in [-0.3, -0.25) is 4.90 Å². The summed E-state index contributed by atoms with van der Waals surface area (Å²) in [5.41, 5.74) is 3.93. The van der Waals surface area contributed by atoms with E-state index in [0.717, 1.165) is 37.6 Å². The Balaban J connectivity index is 1.53. The molecule has 3 nitrogen and oxygen atoms in total. The van der Waals surface area contributed by atoms with Crippen molar-refractivity contribution >= 4 is 6.08 Å². The van der Waals surface area contributed by atoms with Gasteiger partial charge in [0.2, 0.25) is 0 Å². The van der Waals surface area contributed by atoms with Gasteiger partial charge in [0.05, 0.1) is 14.2 Å². The van der Waals surface area contributed by atoms with Crippen LogP contribution in [0.5, 0.6) is 11.5 Å². The molecule has 0 bridgehead atoms. The number of nitrogens with zero attached hydrogens (tertiary/aromatic N) is 1. The van der Waals surface area contributed by atoms with E-state index < -0.39 is 0 Å². The first kappa shape index (κ1) is 17.3. The number of hydrogen-bond donors (Lipinski definition) is 0. The van der Waals surface area contributed by atoms with Crippen molar-refractivity contribution in [2.75, 3.05) is 27.3 Å². The molecule has 0 radical (unpaired) electrons. The third-order valence-electron chi connectivity index (χ3n) is 4.50. The molecule has 0 N–H and O–H groups in total. The number of rotatable bonds is 6. The summed E-state index contributed by atoms with van der Waals surface area (Å²) in [7, 11) is 3.39. The van der Waals surface area contributed by atoms with E-state index in [2.05, 4.69) is 47.4 Å². The summed E-state index contributed by atoms with van der Waals surface area (Å²) in [6.45, 7) is 3.06. The van der Waals surface area contributed by atoms with Crippen molar-refractivity contribution in [1.82, 2.24) is 4.90 Å². The van der Waals surface area contributed by atoms with Crippen LogP contribution in [-0.2, 0) is 6.54 Å². The highest BCUT2D eigenvalue weighted by Gasteiger charge is 2.10. The summed E-state index contributed by atoms with van der Waals surface area (Å²) >= 11 is 0. The van der Waals surface area contributed by atoms with Gasteiger partial charge < -0.3 is 9.47 Å². The van der Waals surface area contributed by atoms with E-state index in [9.17, 15) is 0 Å². The summed E-state index contributed by atoms with van der Waals surface area (Å²) in [6.07, 6.45) is 7.81. The smallest absolute Gasteiger partial charge is 0.118 e. The first-order valence-corrected chi connectivity index (χ1v) is 8.63. The number of methoxy groups -OCH3 is 2. The molecule has 3 heteroatoms. The summed E-state index contributed by atoms with van der Waals surface area (Å²) in [5.74, 6) is 1.80. The van der Waals surface area contributed by atoms with Crippen LogP contribution in [0.1, 0.15) is 17.5 Å². The van der Waals surface area contributed by atoms with E-state index in [0.29, 0.717) is 0 Å². The fraction of sp³-hybridized carbons (Fsp3) is 0.273. The average molecular weight is 335 g/mol. The van der Waals surface area contributed by atoms with Gasteiger partial charge in [-0.15, -0.1) is 0 Å². The highest BCUT2D eigenvalue weighted by molar-refractivity contribution is 5.54. The molecule has 0 saturated heterocycles. The first-order valence-electron chi connectivity index (χ1n) is 8.63. The molecule has 1 aliphatic rings. The zero-order chi connectivity index (χ0) is 17.5. The van der Waals surface area contributed by atoms with E-state index in [1.54, 1.807) is 14.2 Å². The van der Waals surface area contributed by atoms with E-state index >= 15 is 0 Å². The van der Waals surface area contributed by atoms with E-state index in [4.69, 9.17) is 9.47 Å². The highest BCUT2D eigenvalue weighted by Crippen LogP contribution is 2.18. The zero-order valence-corrected chi connectivity index (χ0v) is 14.9. The van der Waals surface area contributed by atoms with Crippen molar-refractivity contribution in [2.24, 2.45) is 0 Å². The molecule has 0 atom stereocenters. The van der Waals surface area contributed by atoms with Crippen LogP contribution in [0.15, 0.2) is 66.3 Å². The Morgan fingerprint density at radius 2 is 1.52 bits per heavy atom. The minimum atomic E-state index is 0.892. The highest BCUT2D eigenvalue weighted by atomic mass is 16.5. The molecule has 0 fully saturated rings. The minimum absolute atomic E-state index is 0.892. The molecule has 0 saturated carbocycles. The Hall–Kier alpha value is -2.52. The van der Waals surface area contributed by atoms with Crippen LogP contribution in [0.25, 0.3) is 6.08 Å². The molecule has 3 rings (SSSR count). The van der Waals surface area contributed by atoms with Crippen LogP contribution < -0.4 is 9.47 Å². The fourth-order valence-electron chi connectivity index (χ4n) is 2.93. The largest absolute Gasteiger partial charge is 0.497 e. The topological polar surface area (TPSA) is 21.7 Å². The maximum absolute atomic E-state index is 5.21. The van der Waals surface area contributed by atoms with Crippen LogP contribution >= 0.6 is 0 Å². The van der Waals surface area contributed by atoms with Gasteiger partial charge in [0.1, 0.15) is 11.5 Å². The van der Waals surface area contributed by atoms with Crippen molar-refractivity contribution in [1.29, 1.82) is 0 Å². The normalized spacial score (nSPS) is 15.2. The van der Waals surface area contributed by atoms with Crippen molar-refractivity contribution in [3.63, 3.8) is 0 Å². The van der Waals surface area contributed by atoms with Crippen LogP contribution in [0.4, 0.5) is 0 Å². The van der Waals surface area contributed by atoms with Crippen LogP contribution in [0.3, 0.4) is 0 Å². The second-order valence-corrected chi connectivity index (χ2v) is 6.22. The molecular weight excluding hydrogens is 310 g/mol. The first-order chi connectivity index (χ1) is 12.3. The molecule has 130 valence electrons. The molecule has 1 heterocycles. The summed E-state index contributed by atoms with van der Waals surface area (Å²) in [5, 5.41) is 0. The second kappa shape index (κ2) is 8.54. The molecule has 0 unspecified atom stereocenters. The molecule has 0 aliphatic carbocycles. The third kappa shape index (κ3) is 4.97. The molecule has 0 aromatic heterocycles. The monoisotopic (exact) mass is 335 g/mol. The van der Waals surface area contributed by atoms with Gasteiger partial charge in [0.15, 0.2) is 0 Å². The maximum atomic E-state index is 5.21. The molecule has 2 aromatic rings. The number of benzene rings is 2. The van der Waals surface area contributed by atoms with Crippen LogP contribution in [-0.4, -0.2) is 32.2 Å². The predicted octanol–water partition coefficient (Wildman–Crippen LogP) is 4.55. The Morgan fingerprint density at radius 1 is 0.880 bits per heavy atom. The van der Waals surface area contributed by atoms with Crippen molar-refractivity contribution in [2.45, 2.75) is 13.0 Å². The third-order valence-corrected chi connectivity index (χ3v) is 4.50. The molecule has 0 spiro atoms. The molecule has 1 aliphatic heterocycles. The molecule has 25 heavy (non-hydrogen) atoms. The predicted molar refractivity (Wildman–Crippen MR) is 103 cm³/mol. The van der Waals surface area contributed by atoms with Gasteiger partial charge in [-0.2, -0.15) is 0 Å². The number of hydrogen-bond acceptors (Lipinski definition) is 3. The van der Waals surface area contributed by atoms with E-state index in [1.807, 2.05) is 24.3 Å². The summed E-state index contributed by atoms with van der Waals surface area (Å²) in [6, 6.07) is 16.5. The standard InChI is InChI=1S/C22H25NO2/c1-24-21-9-5-18(6-10-21)3-4-19-13-15-23(16-14-19)17-20-7-11-22(25-2)12-8-20/h3-13H,14-17H2,1-2H3. The Morgan fingerprint density at radius 3 is 2.08 bits per heavy atom. The minimum Gasteiger partial charge on any atom is -0.497 e. The van der Waals surface area contributed by atoms with Gasteiger partial charge >= 0.3 is 0 Å². The van der Waals surface area contributed by atoms with E-state index in [1.165, 1.54) is 16.7 Å². The van der Waals surface area contributed by atoms with Gasteiger partial charge in [-0.05, 0) is 47.4 Å². The lowest BCUT2D eigenvalue weighted by Crippen LogP contribution is -2.27. The van der Waals surface area contributed by atoms with Gasteiger partial charge in [0, 0.05) is 19.6 Å². The van der Waals surface area contributed by atoms with Crippen LogP contribution in [0, 0.1) is 0 Å². The molecule has 0 amide bonds. The van der Waals surface area contributed by atoms with Crippen molar-refractivity contribution in [3.05, 3.63) is 77.4 Å². The Kier molecular flexibility index (Phi) is 5.91. The van der Waals surface area contributed by atoms with Gasteiger partial charge in [-0.25, -0.2) is 0 Å². The summed E-state index contributed by atoms with van der Waals surface area (Å²) < 4.78 is 10.4. The maximum Gasteiger partial charge on any atom is 0.118 e. The van der Waals surface area contributed by atoms with Crippen molar-refractivity contribution in [3.8, 4) is 11.5 Å². The van der Waals surface area contributed by atoms with Crippen LogP contribution in [0.2, 0.25) is 0 Å². The SMILES string of the molecule is COc1ccc(C=CC2=CCN(Cc3ccc(OC)cc3)CC2)cc1. The number of allylic oxidation sites excluding steroid dienone is 1. The lowest BCUT2D eigenvalue weighted by atomic mass is 10.1. The summed E-state index contributed by atoms with van der Waals surface area (Å²) in [4.78, 5) is 2.46. The van der Waals surface area contributed by atoms with Crippen molar-refractivity contribution < 1.29 is 9.47 Å². The van der Waals surface area contributed by atoms with E-state index in [-0.39, 0.29) is 0 Å². The fourth-order valence-corrected chi connectivity index (χ4v) is 2.93. The Bertz CT molecular complexity index is 730.